The molecule has 0 saturated heterocycles. The Morgan fingerprint density at radius 1 is 1.19 bits per heavy atom. The van der Waals surface area contributed by atoms with Gasteiger partial charge in [0.15, 0.2) is 0 Å². The van der Waals surface area contributed by atoms with Crippen molar-refractivity contribution in [3.8, 4) is 0 Å². The molecule has 0 bridgehead atoms. The summed E-state index contributed by atoms with van der Waals surface area (Å²) in [6.07, 6.45) is 1.55. The molecular weight excluding hydrogens is 296 g/mol. The van der Waals surface area contributed by atoms with E-state index in [4.69, 9.17) is 0 Å². The molecule has 2 aromatic rings. The minimum atomic E-state index is -1.07. The molecule has 0 saturated carbocycles. The lowest BCUT2D eigenvalue weighted by atomic mass is 10.1. The first kappa shape index (κ1) is 15.3. The van der Waals surface area contributed by atoms with E-state index in [1.807, 2.05) is 0 Å². The molecule has 0 aliphatic heterocycles. The third-order valence-electron chi connectivity index (χ3n) is 2.80. The Kier molecular flexibility index (Phi) is 4.80. The van der Waals surface area contributed by atoms with Crippen LogP contribution < -0.4 is 5.32 Å². The van der Waals surface area contributed by atoms with Crippen LogP contribution in [0.3, 0.4) is 0 Å². The van der Waals surface area contributed by atoms with Crippen molar-refractivity contribution in [1.82, 2.24) is 0 Å². The second-order valence-corrected chi connectivity index (χ2v) is 5.89. The van der Waals surface area contributed by atoms with Gasteiger partial charge in [-0.25, -0.2) is 8.78 Å². The monoisotopic (exact) mass is 309 g/mol. The van der Waals surface area contributed by atoms with E-state index in [2.05, 4.69) is 5.32 Å². The van der Waals surface area contributed by atoms with Crippen molar-refractivity contribution < 1.29 is 17.8 Å². The number of carbonyl (C=O) groups excluding carboxylic acids is 1. The van der Waals surface area contributed by atoms with Crippen LogP contribution in [0.1, 0.15) is 15.9 Å². The Labute approximate surface area is 123 Å². The van der Waals surface area contributed by atoms with Crippen LogP contribution in [0.2, 0.25) is 0 Å². The zero-order chi connectivity index (χ0) is 15.4. The highest BCUT2D eigenvalue weighted by Crippen LogP contribution is 2.19. The van der Waals surface area contributed by atoms with E-state index in [1.165, 1.54) is 0 Å². The van der Waals surface area contributed by atoms with Crippen LogP contribution in [0, 0.1) is 11.6 Å². The highest BCUT2D eigenvalue weighted by Gasteiger charge is 2.14. The predicted octanol–water partition coefficient (Wildman–Crippen LogP) is 3.10. The molecule has 1 atom stereocenters. The summed E-state index contributed by atoms with van der Waals surface area (Å²) >= 11 is 0. The SMILES string of the molecule is C[S@@](=O)Cc1ccccc1NC(=O)c1ccc(F)cc1F. The molecule has 110 valence electrons. The van der Waals surface area contributed by atoms with Crippen molar-refractivity contribution in [2.45, 2.75) is 5.75 Å². The maximum atomic E-state index is 13.6. The Hall–Kier alpha value is -2.08. The van der Waals surface area contributed by atoms with Crippen molar-refractivity contribution in [3.05, 3.63) is 65.2 Å². The molecule has 0 heterocycles. The van der Waals surface area contributed by atoms with Gasteiger partial charge in [0.2, 0.25) is 0 Å². The number of anilines is 1. The van der Waals surface area contributed by atoms with E-state index in [0.717, 1.165) is 12.1 Å². The fraction of sp³-hybridized carbons (Fsp3) is 0.133. The van der Waals surface area contributed by atoms with E-state index < -0.39 is 28.3 Å². The van der Waals surface area contributed by atoms with Crippen molar-refractivity contribution >= 4 is 22.4 Å². The molecule has 1 N–H and O–H groups in total. The van der Waals surface area contributed by atoms with Crippen LogP contribution in [0.15, 0.2) is 42.5 Å². The third kappa shape index (κ3) is 3.95. The van der Waals surface area contributed by atoms with Gasteiger partial charge in [0.25, 0.3) is 5.91 Å². The standard InChI is InChI=1S/C15H13F2NO2S/c1-21(20)9-10-4-2-3-5-14(10)18-15(19)12-7-6-11(16)8-13(12)17/h2-8H,9H2,1H3,(H,18,19)/t21-/m1/s1. The molecule has 2 aromatic carbocycles. The van der Waals surface area contributed by atoms with Gasteiger partial charge in [-0.3, -0.25) is 9.00 Å². The Morgan fingerprint density at radius 2 is 1.90 bits per heavy atom. The summed E-state index contributed by atoms with van der Waals surface area (Å²) in [6, 6.07) is 9.60. The molecule has 3 nitrogen and oxygen atoms in total. The molecule has 0 unspecified atom stereocenters. The second-order valence-electron chi connectivity index (χ2n) is 4.45. The van der Waals surface area contributed by atoms with Crippen LogP contribution in [-0.2, 0) is 16.6 Å². The number of rotatable bonds is 4. The predicted molar refractivity (Wildman–Crippen MR) is 78.5 cm³/mol. The Bertz CT molecular complexity index is 704. The lowest BCUT2D eigenvalue weighted by Crippen LogP contribution is -2.15. The molecule has 6 heteroatoms. The van der Waals surface area contributed by atoms with Crippen LogP contribution >= 0.6 is 0 Å². The first-order chi connectivity index (χ1) is 9.97. The van der Waals surface area contributed by atoms with Gasteiger partial charge in [-0.2, -0.15) is 0 Å². The van der Waals surface area contributed by atoms with Gasteiger partial charge < -0.3 is 5.32 Å². The molecule has 0 spiro atoms. The van der Waals surface area contributed by atoms with Gasteiger partial charge in [-0.05, 0) is 23.8 Å². The molecule has 21 heavy (non-hydrogen) atoms. The van der Waals surface area contributed by atoms with Gasteiger partial charge in [0.05, 0.1) is 11.3 Å². The van der Waals surface area contributed by atoms with Gasteiger partial charge in [-0.1, -0.05) is 18.2 Å². The minimum absolute atomic E-state index is 0.246. The molecule has 0 radical (unpaired) electrons. The van der Waals surface area contributed by atoms with E-state index >= 15 is 0 Å². The maximum Gasteiger partial charge on any atom is 0.258 e. The fourth-order valence-corrected chi connectivity index (χ4v) is 2.54. The molecule has 2 rings (SSSR count). The number of nitrogens with one attached hydrogen (secondary N) is 1. The van der Waals surface area contributed by atoms with E-state index in [1.54, 1.807) is 30.5 Å². The highest BCUT2D eigenvalue weighted by molar-refractivity contribution is 7.83. The molecular formula is C15H13F2NO2S. The third-order valence-corrected chi connectivity index (χ3v) is 3.52. The van der Waals surface area contributed by atoms with E-state index in [-0.39, 0.29) is 11.3 Å². The van der Waals surface area contributed by atoms with Crippen LogP contribution in [0.25, 0.3) is 0 Å². The summed E-state index contributed by atoms with van der Waals surface area (Å²) in [5.74, 6) is -2.07. The number of amides is 1. The minimum Gasteiger partial charge on any atom is -0.322 e. The number of halogens is 2. The summed E-state index contributed by atoms with van der Waals surface area (Å²) in [6.45, 7) is 0. The smallest absolute Gasteiger partial charge is 0.258 e. The summed E-state index contributed by atoms with van der Waals surface area (Å²) in [5, 5.41) is 2.56. The van der Waals surface area contributed by atoms with Crippen LogP contribution in [-0.4, -0.2) is 16.4 Å². The summed E-state index contributed by atoms with van der Waals surface area (Å²) < 4.78 is 37.7. The average molecular weight is 309 g/mol. The summed E-state index contributed by atoms with van der Waals surface area (Å²) in [7, 11) is -1.07. The topological polar surface area (TPSA) is 46.2 Å². The summed E-state index contributed by atoms with van der Waals surface area (Å²) in [5.41, 5.74) is 0.902. The first-order valence-electron chi connectivity index (χ1n) is 6.11. The quantitative estimate of drug-likeness (QED) is 0.943. The van der Waals surface area contributed by atoms with E-state index in [9.17, 15) is 17.8 Å². The zero-order valence-corrected chi connectivity index (χ0v) is 12.0. The number of para-hydroxylation sites is 1. The number of benzene rings is 2. The molecule has 0 aromatic heterocycles. The van der Waals surface area contributed by atoms with Gasteiger partial charge in [-0.15, -0.1) is 0 Å². The maximum absolute atomic E-state index is 13.6. The lowest BCUT2D eigenvalue weighted by molar-refractivity contribution is 0.102. The largest absolute Gasteiger partial charge is 0.322 e. The second kappa shape index (κ2) is 6.58. The zero-order valence-electron chi connectivity index (χ0n) is 11.2. The number of hydrogen-bond donors (Lipinski definition) is 1. The van der Waals surface area contributed by atoms with Gasteiger partial charge in [0, 0.05) is 28.8 Å². The molecule has 0 aliphatic rings. The first-order valence-corrected chi connectivity index (χ1v) is 7.84. The number of hydrogen-bond acceptors (Lipinski definition) is 2. The fourth-order valence-electron chi connectivity index (χ4n) is 1.85. The van der Waals surface area contributed by atoms with Gasteiger partial charge in [0.1, 0.15) is 11.6 Å². The highest BCUT2D eigenvalue weighted by atomic mass is 32.2. The van der Waals surface area contributed by atoms with Crippen molar-refractivity contribution in [2.24, 2.45) is 0 Å². The lowest BCUT2D eigenvalue weighted by Gasteiger charge is -2.10. The van der Waals surface area contributed by atoms with Gasteiger partial charge >= 0.3 is 0 Å². The van der Waals surface area contributed by atoms with E-state index in [0.29, 0.717) is 17.3 Å². The average Bonchev–Trinajstić information content (AvgIpc) is 2.40. The van der Waals surface area contributed by atoms with Crippen molar-refractivity contribution in [2.75, 3.05) is 11.6 Å². The molecule has 0 aliphatic carbocycles. The Morgan fingerprint density at radius 3 is 2.57 bits per heavy atom. The molecule has 0 fully saturated rings. The Balaban J connectivity index is 2.25. The normalized spacial score (nSPS) is 12.0. The summed E-state index contributed by atoms with van der Waals surface area (Å²) in [4.78, 5) is 12.0. The van der Waals surface area contributed by atoms with Crippen LogP contribution in [0.4, 0.5) is 14.5 Å². The van der Waals surface area contributed by atoms with Crippen molar-refractivity contribution in [1.29, 1.82) is 0 Å². The number of carbonyl (C=O) groups is 1. The van der Waals surface area contributed by atoms with Crippen molar-refractivity contribution in [3.63, 3.8) is 0 Å². The molecule has 1 amide bonds. The van der Waals surface area contributed by atoms with Crippen LogP contribution in [0.5, 0.6) is 0 Å².